The molecule has 3 rings (SSSR count). The van der Waals surface area contributed by atoms with Crippen molar-refractivity contribution in [1.82, 2.24) is 0 Å². The van der Waals surface area contributed by atoms with Gasteiger partial charge in [0.1, 0.15) is 21.5 Å². The Bertz CT molecular complexity index is 1170. The fourth-order valence-corrected chi connectivity index (χ4v) is 5.57. The van der Waals surface area contributed by atoms with Gasteiger partial charge >= 0.3 is 0 Å². The highest BCUT2D eigenvalue weighted by Crippen LogP contribution is 2.54. The fraction of sp³-hybridized carbons (Fsp3) is 0.0526. The molecule has 0 radical (unpaired) electrons. The Balaban J connectivity index is 2.67. The predicted octanol–water partition coefficient (Wildman–Crippen LogP) is 5.89. The summed E-state index contributed by atoms with van der Waals surface area (Å²) in [7, 11) is -5.14. The predicted molar refractivity (Wildman–Crippen MR) is 114 cm³/mol. The second-order valence-electron chi connectivity index (χ2n) is 6.04. The largest absolute Gasteiger partial charge is 0.506 e. The van der Waals surface area contributed by atoms with Gasteiger partial charge in [-0.15, -0.1) is 0 Å². The summed E-state index contributed by atoms with van der Waals surface area (Å²) in [6.45, 7) is 0. The molecule has 3 aromatic carbocycles. The van der Waals surface area contributed by atoms with E-state index in [9.17, 15) is 23.2 Å². The molecular formula is C19H12Cl4O5S. The van der Waals surface area contributed by atoms with Crippen LogP contribution in [0.4, 0.5) is 0 Å². The minimum absolute atomic E-state index is 0.0463. The van der Waals surface area contributed by atoms with E-state index in [-0.39, 0.29) is 21.2 Å². The molecule has 0 aliphatic heterocycles. The molecule has 0 saturated heterocycles. The second kappa shape index (κ2) is 7.87. The first-order chi connectivity index (χ1) is 13.5. The van der Waals surface area contributed by atoms with E-state index >= 15 is 0 Å². The van der Waals surface area contributed by atoms with Crippen LogP contribution in [0.2, 0.25) is 20.1 Å². The first-order valence-electron chi connectivity index (χ1n) is 7.91. The van der Waals surface area contributed by atoms with Gasteiger partial charge in [-0.1, -0.05) is 82.8 Å². The van der Waals surface area contributed by atoms with Crippen LogP contribution in [0.5, 0.6) is 11.5 Å². The van der Waals surface area contributed by atoms with E-state index in [1.54, 1.807) is 12.1 Å². The summed E-state index contributed by atoms with van der Waals surface area (Å²) >= 11 is 24.5. The van der Waals surface area contributed by atoms with Crippen molar-refractivity contribution in [2.45, 2.75) is 4.75 Å². The lowest BCUT2D eigenvalue weighted by atomic mass is 9.83. The quantitative estimate of drug-likeness (QED) is 0.239. The van der Waals surface area contributed by atoms with Crippen LogP contribution in [-0.2, 0) is 14.9 Å². The van der Waals surface area contributed by atoms with E-state index in [1.807, 2.05) is 0 Å². The number of benzene rings is 3. The summed E-state index contributed by atoms with van der Waals surface area (Å²) in [5, 5.41) is 19.9. The van der Waals surface area contributed by atoms with Crippen LogP contribution in [0.3, 0.4) is 0 Å². The molecule has 0 saturated carbocycles. The van der Waals surface area contributed by atoms with E-state index in [0.717, 1.165) is 6.07 Å². The Morgan fingerprint density at radius 2 is 1.17 bits per heavy atom. The molecule has 0 spiro atoms. The first-order valence-corrected chi connectivity index (χ1v) is 10.9. The summed E-state index contributed by atoms with van der Waals surface area (Å²) in [4.78, 5) is 0. The van der Waals surface area contributed by atoms with Crippen LogP contribution < -0.4 is 0 Å². The molecular weight excluding hydrogens is 482 g/mol. The van der Waals surface area contributed by atoms with Gasteiger partial charge in [-0.25, -0.2) is 0 Å². The normalized spacial score (nSPS) is 12.2. The highest BCUT2D eigenvalue weighted by Gasteiger charge is 2.53. The SMILES string of the molecule is O=S(=O)(O)C(c1ccccc1Cl)(c1ccccc1Cl)c1cc(O)c(Cl)c(Cl)c1O. The Labute approximate surface area is 186 Å². The van der Waals surface area contributed by atoms with Gasteiger partial charge < -0.3 is 10.2 Å². The fourth-order valence-electron chi connectivity index (χ4n) is 3.22. The van der Waals surface area contributed by atoms with Gasteiger partial charge in [-0.05, 0) is 18.2 Å². The average molecular weight is 494 g/mol. The molecule has 5 nitrogen and oxygen atoms in total. The zero-order valence-electron chi connectivity index (χ0n) is 14.3. The van der Waals surface area contributed by atoms with Crippen LogP contribution in [0.15, 0.2) is 54.6 Å². The molecule has 0 fully saturated rings. The van der Waals surface area contributed by atoms with E-state index in [0.29, 0.717) is 0 Å². The summed E-state index contributed by atoms with van der Waals surface area (Å²) in [5.74, 6) is -1.39. The zero-order valence-corrected chi connectivity index (χ0v) is 18.1. The van der Waals surface area contributed by atoms with Gasteiger partial charge in [0, 0.05) is 26.7 Å². The molecule has 3 aromatic rings. The Hall–Kier alpha value is -1.67. The van der Waals surface area contributed by atoms with Crippen molar-refractivity contribution in [2.24, 2.45) is 0 Å². The molecule has 0 aliphatic carbocycles. The van der Waals surface area contributed by atoms with Crippen molar-refractivity contribution in [3.63, 3.8) is 0 Å². The van der Waals surface area contributed by atoms with Gasteiger partial charge in [-0.2, -0.15) is 8.42 Å². The van der Waals surface area contributed by atoms with Gasteiger partial charge in [-0.3, -0.25) is 4.55 Å². The van der Waals surface area contributed by atoms with Crippen LogP contribution >= 0.6 is 46.4 Å². The number of phenols is 2. The van der Waals surface area contributed by atoms with Crippen molar-refractivity contribution in [2.75, 3.05) is 0 Å². The number of hydrogen-bond acceptors (Lipinski definition) is 4. The molecule has 29 heavy (non-hydrogen) atoms. The maximum atomic E-state index is 13.0. The van der Waals surface area contributed by atoms with E-state index in [4.69, 9.17) is 46.4 Å². The minimum atomic E-state index is -5.14. The summed E-state index contributed by atoms with van der Waals surface area (Å²) in [6.07, 6.45) is 0. The summed E-state index contributed by atoms with van der Waals surface area (Å²) in [6, 6.07) is 12.5. The second-order valence-corrected chi connectivity index (χ2v) is 9.17. The number of rotatable bonds is 4. The van der Waals surface area contributed by atoms with Crippen molar-refractivity contribution >= 4 is 56.5 Å². The third kappa shape index (κ3) is 3.44. The lowest BCUT2D eigenvalue weighted by Gasteiger charge is -2.34. The smallest absolute Gasteiger partial charge is 0.283 e. The van der Waals surface area contributed by atoms with E-state index < -0.39 is 42.0 Å². The van der Waals surface area contributed by atoms with Crippen LogP contribution in [0.1, 0.15) is 16.7 Å². The molecule has 0 unspecified atom stereocenters. The topological polar surface area (TPSA) is 94.8 Å². The first kappa shape index (κ1) is 22.0. The molecule has 0 amide bonds. The zero-order chi connectivity index (χ0) is 21.6. The molecule has 0 aliphatic rings. The Kier molecular flexibility index (Phi) is 5.98. The van der Waals surface area contributed by atoms with E-state index in [2.05, 4.69) is 0 Å². The molecule has 0 aromatic heterocycles. The van der Waals surface area contributed by atoms with E-state index in [1.165, 1.54) is 36.4 Å². The highest BCUT2D eigenvalue weighted by atomic mass is 35.5. The van der Waals surface area contributed by atoms with Crippen LogP contribution in [-0.4, -0.2) is 23.2 Å². The maximum absolute atomic E-state index is 13.0. The summed E-state index contributed by atoms with van der Waals surface area (Å²) in [5.41, 5.74) is -0.719. The van der Waals surface area contributed by atoms with Crippen LogP contribution in [0.25, 0.3) is 0 Å². The third-order valence-electron chi connectivity index (χ3n) is 4.43. The van der Waals surface area contributed by atoms with Crippen molar-refractivity contribution in [3.05, 3.63) is 91.4 Å². The Morgan fingerprint density at radius 3 is 1.59 bits per heavy atom. The van der Waals surface area contributed by atoms with Crippen molar-refractivity contribution < 1.29 is 23.2 Å². The van der Waals surface area contributed by atoms with Crippen molar-refractivity contribution in [1.29, 1.82) is 0 Å². The monoisotopic (exact) mass is 492 g/mol. The molecule has 0 heterocycles. The van der Waals surface area contributed by atoms with Crippen molar-refractivity contribution in [3.8, 4) is 11.5 Å². The van der Waals surface area contributed by atoms with Gasteiger partial charge in [0.25, 0.3) is 10.1 Å². The lowest BCUT2D eigenvalue weighted by molar-refractivity contribution is 0.435. The average Bonchev–Trinajstić information content (AvgIpc) is 2.66. The van der Waals surface area contributed by atoms with Gasteiger partial charge in [0.15, 0.2) is 4.75 Å². The number of aromatic hydroxyl groups is 2. The van der Waals surface area contributed by atoms with Gasteiger partial charge in [0.2, 0.25) is 0 Å². The molecule has 3 N–H and O–H groups in total. The minimum Gasteiger partial charge on any atom is -0.506 e. The van der Waals surface area contributed by atoms with Crippen LogP contribution in [0, 0.1) is 0 Å². The standard InChI is InChI=1S/C19H12Cl4O5S/c20-13-7-3-1-5-10(13)19(29(26,27)28,11-6-2-4-8-14(11)21)12-9-15(24)16(22)17(23)18(12)25/h1-9,24-25H,(H,26,27,28). The molecule has 0 bridgehead atoms. The molecule has 0 atom stereocenters. The van der Waals surface area contributed by atoms with Gasteiger partial charge in [0.05, 0.1) is 0 Å². The highest BCUT2D eigenvalue weighted by molar-refractivity contribution is 7.87. The third-order valence-corrected chi connectivity index (χ3v) is 7.37. The molecule has 10 heteroatoms. The maximum Gasteiger partial charge on any atom is 0.283 e. The summed E-state index contributed by atoms with van der Waals surface area (Å²) < 4.78 is 33.9. The number of halogens is 4. The molecule has 152 valence electrons. The Morgan fingerprint density at radius 1 is 0.724 bits per heavy atom. The lowest BCUT2D eigenvalue weighted by Crippen LogP contribution is -2.39. The number of phenolic OH excluding ortho intramolecular Hbond substituents is 2. The number of hydrogen-bond donors (Lipinski definition) is 3.